The molecule has 1 aliphatic heterocycles. The zero-order chi connectivity index (χ0) is 34.4. The highest BCUT2D eigenvalue weighted by atomic mass is 32.2. The maximum absolute atomic E-state index is 11.9. The van der Waals surface area contributed by atoms with Crippen molar-refractivity contribution < 1.29 is 28.7 Å². The summed E-state index contributed by atoms with van der Waals surface area (Å²) in [4.78, 5) is 49.3. The average Bonchev–Trinajstić information content (AvgIpc) is 3.04. The minimum absolute atomic E-state index is 0.0213. The standard InChI is InChI=1S/C18H26N2O3S.C17H26N2O3S/c19-18(22)8-11-24-14-16(21)6-7-17-13-20(9-10-23-17)12-15-4-2-1-3-5-15;1-13(7-8-15(20)12-23-10-9-17(18)21)22-16-6-4-5-14(11-16)19(2)3/h1-5,17H,6-14H2,(H2,19,22);4-6,11,13H,7-10,12H2,1-3H3,(H2,18,21). The minimum Gasteiger partial charge on any atom is -0.491 e. The van der Waals surface area contributed by atoms with Gasteiger partial charge >= 0.3 is 0 Å². The van der Waals surface area contributed by atoms with E-state index in [9.17, 15) is 19.2 Å². The third-order valence-corrected chi connectivity index (χ3v) is 9.27. The smallest absolute Gasteiger partial charge is 0.218 e. The largest absolute Gasteiger partial charge is 0.491 e. The van der Waals surface area contributed by atoms with Gasteiger partial charge in [0.15, 0.2) is 0 Å². The second-order valence-corrected chi connectivity index (χ2v) is 13.9. The molecule has 3 rings (SSSR count). The van der Waals surface area contributed by atoms with E-state index in [0.29, 0.717) is 55.1 Å². The zero-order valence-corrected chi connectivity index (χ0v) is 29.7. The summed E-state index contributed by atoms with van der Waals surface area (Å²) in [6.45, 7) is 5.42. The Bertz CT molecular complexity index is 1230. The molecule has 0 bridgehead atoms. The second kappa shape index (κ2) is 23.3. The van der Waals surface area contributed by atoms with Crippen LogP contribution in [0.1, 0.15) is 51.0 Å². The number of anilines is 1. The molecule has 4 N–H and O–H groups in total. The van der Waals surface area contributed by atoms with E-state index in [2.05, 4.69) is 29.2 Å². The number of benzene rings is 2. The van der Waals surface area contributed by atoms with Crippen molar-refractivity contribution in [3.05, 3.63) is 60.2 Å². The quantitative estimate of drug-likeness (QED) is 0.182. The summed E-state index contributed by atoms with van der Waals surface area (Å²) >= 11 is 2.93. The monoisotopic (exact) mass is 688 g/mol. The number of nitrogens with two attached hydrogens (primary N) is 2. The molecule has 2 amide bonds. The summed E-state index contributed by atoms with van der Waals surface area (Å²) in [5.41, 5.74) is 12.5. The number of ether oxygens (including phenoxy) is 2. The van der Waals surface area contributed by atoms with Crippen molar-refractivity contribution in [1.29, 1.82) is 0 Å². The van der Waals surface area contributed by atoms with Crippen molar-refractivity contribution in [3.63, 3.8) is 0 Å². The Morgan fingerprint density at radius 1 is 0.915 bits per heavy atom. The van der Waals surface area contributed by atoms with Gasteiger partial charge in [-0.15, -0.1) is 0 Å². The summed E-state index contributed by atoms with van der Waals surface area (Å²) in [6, 6.07) is 18.3. The number of hydrogen-bond donors (Lipinski definition) is 2. The Morgan fingerprint density at radius 3 is 2.17 bits per heavy atom. The fraction of sp³-hybridized carbons (Fsp3) is 0.543. The average molecular weight is 689 g/mol. The fourth-order valence-corrected chi connectivity index (χ4v) is 6.34. The van der Waals surface area contributed by atoms with Gasteiger partial charge in [0.25, 0.3) is 0 Å². The van der Waals surface area contributed by atoms with Gasteiger partial charge in [-0.2, -0.15) is 23.5 Å². The van der Waals surface area contributed by atoms with Crippen LogP contribution in [0.4, 0.5) is 5.69 Å². The van der Waals surface area contributed by atoms with Gasteiger partial charge in [-0.3, -0.25) is 24.1 Å². The van der Waals surface area contributed by atoms with E-state index >= 15 is 0 Å². The lowest BCUT2D eigenvalue weighted by atomic mass is 10.1. The summed E-state index contributed by atoms with van der Waals surface area (Å²) in [6.07, 6.45) is 3.22. The van der Waals surface area contributed by atoms with Crippen molar-refractivity contribution in [2.75, 3.05) is 61.7 Å². The van der Waals surface area contributed by atoms with Crippen molar-refractivity contribution in [2.24, 2.45) is 11.5 Å². The predicted molar refractivity (Wildman–Crippen MR) is 193 cm³/mol. The number of carbonyl (C=O) groups is 4. The Balaban J connectivity index is 0.000000327. The highest BCUT2D eigenvalue weighted by Crippen LogP contribution is 2.21. The van der Waals surface area contributed by atoms with Crippen LogP contribution in [0.25, 0.3) is 0 Å². The van der Waals surface area contributed by atoms with E-state index in [4.69, 9.17) is 20.9 Å². The predicted octanol–water partition coefficient (Wildman–Crippen LogP) is 4.32. The van der Waals surface area contributed by atoms with E-state index in [-0.39, 0.29) is 35.6 Å². The number of carbonyl (C=O) groups excluding carboxylic acids is 4. The lowest BCUT2D eigenvalue weighted by molar-refractivity contribution is -0.118. The third-order valence-electron chi connectivity index (χ3n) is 7.23. The molecule has 0 aliphatic carbocycles. The molecule has 2 aromatic carbocycles. The Hall–Kier alpha value is -3.06. The van der Waals surface area contributed by atoms with Gasteiger partial charge in [0.05, 0.1) is 30.3 Å². The van der Waals surface area contributed by atoms with Gasteiger partial charge in [0.2, 0.25) is 11.8 Å². The Kier molecular flexibility index (Phi) is 19.9. The Morgan fingerprint density at radius 2 is 1.55 bits per heavy atom. The van der Waals surface area contributed by atoms with Gasteiger partial charge in [0.1, 0.15) is 17.3 Å². The number of Topliss-reactive ketones (excluding diaryl/α,β-unsaturated/α-hetero) is 2. The number of nitrogens with zero attached hydrogens (tertiary/aromatic N) is 2. The number of ketones is 2. The van der Waals surface area contributed by atoms with Gasteiger partial charge in [-0.05, 0) is 37.5 Å². The van der Waals surface area contributed by atoms with E-state index in [1.807, 2.05) is 56.3 Å². The highest BCUT2D eigenvalue weighted by molar-refractivity contribution is 8.00. The van der Waals surface area contributed by atoms with Gasteiger partial charge in [-0.1, -0.05) is 36.4 Å². The molecule has 2 atom stereocenters. The maximum atomic E-state index is 11.9. The molecular weight excluding hydrogens is 637 g/mol. The topological polar surface area (TPSA) is 145 Å². The molecule has 0 saturated carbocycles. The highest BCUT2D eigenvalue weighted by Gasteiger charge is 2.21. The molecule has 0 aromatic heterocycles. The molecule has 2 aromatic rings. The van der Waals surface area contributed by atoms with Gasteiger partial charge < -0.3 is 25.8 Å². The van der Waals surface area contributed by atoms with Crippen molar-refractivity contribution in [1.82, 2.24) is 4.90 Å². The molecule has 1 saturated heterocycles. The molecule has 2 unspecified atom stereocenters. The van der Waals surface area contributed by atoms with Crippen LogP contribution in [0.5, 0.6) is 5.75 Å². The first kappa shape index (κ1) is 40.1. The van der Waals surface area contributed by atoms with Crippen LogP contribution < -0.4 is 21.1 Å². The van der Waals surface area contributed by atoms with Crippen LogP contribution >= 0.6 is 23.5 Å². The summed E-state index contributed by atoms with van der Waals surface area (Å²) < 4.78 is 11.7. The second-order valence-electron chi connectivity index (χ2n) is 11.7. The number of morpholine rings is 1. The number of amides is 2. The molecule has 10 nitrogen and oxygen atoms in total. The molecule has 0 spiro atoms. The van der Waals surface area contributed by atoms with Crippen LogP contribution in [0.3, 0.4) is 0 Å². The lowest BCUT2D eigenvalue weighted by Crippen LogP contribution is -2.42. The molecule has 260 valence electrons. The van der Waals surface area contributed by atoms with Crippen molar-refractivity contribution in [2.45, 2.75) is 64.2 Å². The van der Waals surface area contributed by atoms with Crippen LogP contribution in [0, 0.1) is 0 Å². The summed E-state index contributed by atoms with van der Waals surface area (Å²) in [5.74, 6) is 2.66. The normalized spacial score (nSPS) is 15.2. The molecule has 1 heterocycles. The van der Waals surface area contributed by atoms with Crippen molar-refractivity contribution in [3.8, 4) is 5.75 Å². The third kappa shape index (κ3) is 19.4. The van der Waals surface area contributed by atoms with E-state index in [0.717, 1.165) is 44.1 Å². The first-order chi connectivity index (χ1) is 22.5. The molecule has 12 heteroatoms. The molecule has 47 heavy (non-hydrogen) atoms. The summed E-state index contributed by atoms with van der Waals surface area (Å²) in [5, 5.41) is 0. The minimum atomic E-state index is -0.327. The van der Waals surface area contributed by atoms with Crippen LogP contribution in [0.15, 0.2) is 54.6 Å². The Labute approximate surface area is 288 Å². The number of hydrogen-bond acceptors (Lipinski definition) is 10. The molecular formula is C35H52N4O6S2. The lowest BCUT2D eigenvalue weighted by Gasteiger charge is -2.33. The number of thioether (sulfide) groups is 2. The van der Waals surface area contributed by atoms with Crippen LogP contribution in [-0.2, 0) is 30.5 Å². The number of primary amides is 2. The molecule has 1 fully saturated rings. The van der Waals surface area contributed by atoms with E-state index in [1.165, 1.54) is 29.1 Å². The molecule has 1 aliphatic rings. The van der Waals surface area contributed by atoms with E-state index in [1.54, 1.807) is 0 Å². The SMILES string of the molecule is CC(CCC(=O)CSCCC(N)=O)Oc1cccc(N(C)C)c1.NC(=O)CCSCC(=O)CCC1CN(Cc2ccccc2)CCO1. The van der Waals surface area contributed by atoms with Crippen molar-refractivity contribution >= 4 is 52.6 Å². The van der Waals surface area contributed by atoms with Gasteiger partial charge in [-0.25, -0.2) is 0 Å². The first-order valence-corrected chi connectivity index (χ1v) is 18.4. The summed E-state index contributed by atoms with van der Waals surface area (Å²) in [7, 11) is 3.97. The zero-order valence-electron chi connectivity index (χ0n) is 28.1. The molecule has 0 radical (unpaired) electrons. The van der Waals surface area contributed by atoms with Crippen LogP contribution in [-0.4, -0.2) is 97.3 Å². The van der Waals surface area contributed by atoms with E-state index < -0.39 is 0 Å². The number of rotatable bonds is 21. The maximum Gasteiger partial charge on any atom is 0.218 e. The van der Waals surface area contributed by atoms with Gasteiger partial charge in [0, 0.05) is 82.7 Å². The van der Waals surface area contributed by atoms with Crippen LogP contribution in [0.2, 0.25) is 0 Å². The fourth-order valence-electron chi connectivity index (χ4n) is 4.61. The first-order valence-electron chi connectivity index (χ1n) is 16.1.